The minimum atomic E-state index is -1.18. The first kappa shape index (κ1) is 14.8. The van der Waals surface area contributed by atoms with Crippen molar-refractivity contribution in [1.82, 2.24) is 0 Å². The Balaban J connectivity index is 2.19. The monoisotopic (exact) mass is 305 g/mol. The number of carboxylic acid groups (broad SMARTS) is 1. The second kappa shape index (κ2) is 6.25. The zero-order chi connectivity index (χ0) is 15.4. The van der Waals surface area contributed by atoms with Gasteiger partial charge < -0.3 is 9.84 Å². The van der Waals surface area contributed by atoms with E-state index in [2.05, 4.69) is 0 Å². The molecule has 0 amide bonds. The molecule has 0 spiro atoms. The van der Waals surface area contributed by atoms with Crippen LogP contribution < -0.4 is 4.74 Å². The molecule has 6 heteroatoms. The van der Waals surface area contributed by atoms with Crippen molar-refractivity contribution in [1.29, 1.82) is 5.26 Å². The fourth-order valence-corrected chi connectivity index (χ4v) is 1.87. The molecule has 1 N–H and O–H groups in total. The molecule has 2 aromatic carbocycles. The standard InChI is InChI=1S/C15H9ClFNO3/c16-13-3-2-11(6-12(13)15(19)20)21-8-10-5-9(7-18)1-4-14(10)17/h1-6H,8H2,(H,19,20). The van der Waals surface area contributed by atoms with Crippen LogP contribution in [0.15, 0.2) is 36.4 Å². The molecule has 0 aliphatic heterocycles. The van der Waals surface area contributed by atoms with Gasteiger partial charge in [0.05, 0.1) is 22.2 Å². The van der Waals surface area contributed by atoms with Crippen molar-refractivity contribution in [2.45, 2.75) is 6.61 Å². The quantitative estimate of drug-likeness (QED) is 0.936. The molecule has 4 nitrogen and oxygen atoms in total. The van der Waals surface area contributed by atoms with E-state index in [9.17, 15) is 9.18 Å². The molecule has 0 fully saturated rings. The van der Waals surface area contributed by atoms with Gasteiger partial charge in [-0.1, -0.05) is 11.6 Å². The van der Waals surface area contributed by atoms with Crippen LogP contribution in [0, 0.1) is 17.1 Å². The number of nitriles is 1. The summed E-state index contributed by atoms with van der Waals surface area (Å²) in [6, 6.07) is 9.97. The molecule has 0 saturated heterocycles. The van der Waals surface area contributed by atoms with Gasteiger partial charge in [-0.05, 0) is 36.4 Å². The lowest BCUT2D eigenvalue weighted by Gasteiger charge is -2.09. The maximum Gasteiger partial charge on any atom is 0.337 e. The first-order valence-electron chi connectivity index (χ1n) is 5.85. The van der Waals surface area contributed by atoms with E-state index in [-0.39, 0.29) is 28.5 Å². The summed E-state index contributed by atoms with van der Waals surface area (Å²) in [7, 11) is 0. The Morgan fingerprint density at radius 2 is 2.10 bits per heavy atom. The number of benzene rings is 2. The number of carbonyl (C=O) groups is 1. The molecule has 0 aromatic heterocycles. The summed E-state index contributed by atoms with van der Waals surface area (Å²) in [6.45, 7) is -0.123. The van der Waals surface area contributed by atoms with Gasteiger partial charge in [0.25, 0.3) is 0 Å². The predicted molar refractivity (Wildman–Crippen MR) is 73.9 cm³/mol. The SMILES string of the molecule is N#Cc1ccc(F)c(COc2ccc(Cl)c(C(=O)O)c2)c1. The number of hydrogen-bond acceptors (Lipinski definition) is 3. The summed E-state index contributed by atoms with van der Waals surface area (Å²) in [5, 5.41) is 17.8. The van der Waals surface area contributed by atoms with Crippen LogP contribution in [0.2, 0.25) is 5.02 Å². The first-order chi connectivity index (χ1) is 10.0. The van der Waals surface area contributed by atoms with Crippen molar-refractivity contribution in [2.24, 2.45) is 0 Å². The largest absolute Gasteiger partial charge is 0.489 e. The van der Waals surface area contributed by atoms with Crippen molar-refractivity contribution in [3.05, 3.63) is 63.9 Å². The van der Waals surface area contributed by atoms with Crippen molar-refractivity contribution in [3.8, 4) is 11.8 Å². The van der Waals surface area contributed by atoms with E-state index in [4.69, 9.17) is 26.7 Å². The van der Waals surface area contributed by atoms with Gasteiger partial charge in [0.2, 0.25) is 0 Å². The molecule has 2 rings (SSSR count). The van der Waals surface area contributed by atoms with E-state index in [0.717, 1.165) is 0 Å². The summed E-state index contributed by atoms with van der Waals surface area (Å²) < 4.78 is 18.9. The van der Waals surface area contributed by atoms with E-state index in [1.54, 1.807) is 0 Å². The maximum atomic E-state index is 13.6. The van der Waals surface area contributed by atoms with E-state index < -0.39 is 11.8 Å². The molecule has 106 valence electrons. The number of halogens is 2. The molecule has 0 heterocycles. The zero-order valence-corrected chi connectivity index (χ0v) is 11.4. The highest BCUT2D eigenvalue weighted by Crippen LogP contribution is 2.23. The normalized spacial score (nSPS) is 9.95. The maximum absolute atomic E-state index is 13.6. The van der Waals surface area contributed by atoms with Crippen LogP contribution in [-0.4, -0.2) is 11.1 Å². The minimum Gasteiger partial charge on any atom is -0.489 e. The molecular weight excluding hydrogens is 297 g/mol. The fraction of sp³-hybridized carbons (Fsp3) is 0.0667. The Bertz CT molecular complexity index is 740. The smallest absolute Gasteiger partial charge is 0.337 e. The van der Waals surface area contributed by atoms with Crippen LogP contribution in [0.25, 0.3) is 0 Å². The predicted octanol–water partition coefficient (Wildman–Crippen LogP) is 3.63. The molecule has 0 unspecified atom stereocenters. The summed E-state index contributed by atoms with van der Waals surface area (Å²) in [6.07, 6.45) is 0. The van der Waals surface area contributed by atoms with E-state index in [1.807, 2.05) is 6.07 Å². The first-order valence-corrected chi connectivity index (χ1v) is 6.23. The van der Waals surface area contributed by atoms with Gasteiger partial charge >= 0.3 is 5.97 Å². The summed E-state index contributed by atoms with van der Waals surface area (Å²) in [5.74, 6) is -1.43. The molecule has 0 bridgehead atoms. The number of hydrogen-bond donors (Lipinski definition) is 1. The topological polar surface area (TPSA) is 70.3 Å². The lowest BCUT2D eigenvalue weighted by Crippen LogP contribution is -2.02. The van der Waals surface area contributed by atoms with Gasteiger partial charge in [0.1, 0.15) is 18.2 Å². The van der Waals surface area contributed by atoms with Crippen molar-refractivity contribution in [3.63, 3.8) is 0 Å². The van der Waals surface area contributed by atoms with Crippen LogP contribution in [0.1, 0.15) is 21.5 Å². The Morgan fingerprint density at radius 3 is 2.76 bits per heavy atom. The molecule has 0 atom stereocenters. The summed E-state index contributed by atoms with van der Waals surface area (Å²) >= 11 is 5.74. The summed E-state index contributed by atoms with van der Waals surface area (Å²) in [4.78, 5) is 10.9. The van der Waals surface area contributed by atoms with Crippen LogP contribution in [0.5, 0.6) is 5.75 Å². The number of nitrogens with zero attached hydrogens (tertiary/aromatic N) is 1. The van der Waals surface area contributed by atoms with Crippen molar-refractivity contribution < 1.29 is 19.0 Å². The molecule has 21 heavy (non-hydrogen) atoms. The third-order valence-corrected chi connectivity index (χ3v) is 3.07. The lowest BCUT2D eigenvalue weighted by atomic mass is 10.1. The Labute approximate surface area is 125 Å². The number of ether oxygens (including phenoxy) is 1. The van der Waals surface area contributed by atoms with Crippen LogP contribution >= 0.6 is 11.6 Å². The van der Waals surface area contributed by atoms with Crippen molar-refractivity contribution in [2.75, 3.05) is 0 Å². The Hall–Kier alpha value is -2.58. The van der Waals surface area contributed by atoms with Gasteiger partial charge in [-0.25, -0.2) is 9.18 Å². The van der Waals surface area contributed by atoms with Gasteiger partial charge in [0, 0.05) is 5.56 Å². The Morgan fingerprint density at radius 1 is 1.33 bits per heavy atom. The summed E-state index contributed by atoms with van der Waals surface area (Å²) in [5.41, 5.74) is 0.429. The Kier molecular flexibility index (Phi) is 4.41. The van der Waals surface area contributed by atoms with Crippen LogP contribution in [-0.2, 0) is 6.61 Å². The van der Waals surface area contributed by atoms with Crippen LogP contribution in [0.3, 0.4) is 0 Å². The van der Waals surface area contributed by atoms with Crippen LogP contribution in [0.4, 0.5) is 4.39 Å². The second-order valence-corrected chi connectivity index (χ2v) is 4.56. The van der Waals surface area contributed by atoms with E-state index in [1.165, 1.54) is 36.4 Å². The minimum absolute atomic E-state index is 0.0903. The highest BCUT2D eigenvalue weighted by Gasteiger charge is 2.11. The number of rotatable bonds is 4. The second-order valence-electron chi connectivity index (χ2n) is 4.15. The lowest BCUT2D eigenvalue weighted by molar-refractivity contribution is 0.0696. The third kappa shape index (κ3) is 3.50. The fourth-order valence-electron chi connectivity index (χ4n) is 1.67. The molecule has 0 aliphatic rings. The highest BCUT2D eigenvalue weighted by molar-refractivity contribution is 6.33. The van der Waals surface area contributed by atoms with E-state index in [0.29, 0.717) is 5.56 Å². The molecule has 0 radical (unpaired) electrons. The zero-order valence-electron chi connectivity index (χ0n) is 10.6. The van der Waals surface area contributed by atoms with E-state index >= 15 is 0 Å². The average Bonchev–Trinajstić information content (AvgIpc) is 2.47. The molecule has 0 saturated carbocycles. The third-order valence-electron chi connectivity index (χ3n) is 2.74. The van der Waals surface area contributed by atoms with Crippen molar-refractivity contribution >= 4 is 17.6 Å². The van der Waals surface area contributed by atoms with Gasteiger partial charge in [0.15, 0.2) is 0 Å². The van der Waals surface area contributed by atoms with Gasteiger partial charge in [-0.3, -0.25) is 0 Å². The molecular formula is C15H9ClFNO3. The number of aromatic carboxylic acids is 1. The number of carboxylic acids is 1. The van der Waals surface area contributed by atoms with Gasteiger partial charge in [-0.2, -0.15) is 5.26 Å². The molecule has 2 aromatic rings. The average molecular weight is 306 g/mol. The highest BCUT2D eigenvalue weighted by atomic mass is 35.5. The molecule has 0 aliphatic carbocycles. The van der Waals surface area contributed by atoms with Gasteiger partial charge in [-0.15, -0.1) is 0 Å².